The topological polar surface area (TPSA) is 58.6 Å². The number of thioether (sulfide) groups is 1. The molecule has 0 atom stereocenters. The summed E-state index contributed by atoms with van der Waals surface area (Å²) in [5, 5.41) is 13.7. The van der Waals surface area contributed by atoms with E-state index in [1.54, 1.807) is 11.3 Å². The zero-order valence-electron chi connectivity index (χ0n) is 9.96. The van der Waals surface area contributed by atoms with E-state index in [0.717, 1.165) is 16.9 Å². The molecule has 0 aliphatic heterocycles. The van der Waals surface area contributed by atoms with E-state index in [-0.39, 0.29) is 5.84 Å². The Morgan fingerprint density at radius 2 is 2.28 bits per heavy atom. The third-order valence-electron chi connectivity index (χ3n) is 2.61. The van der Waals surface area contributed by atoms with Gasteiger partial charge in [0.25, 0.3) is 0 Å². The number of amidine groups is 1. The van der Waals surface area contributed by atoms with Gasteiger partial charge in [0.2, 0.25) is 0 Å². The summed E-state index contributed by atoms with van der Waals surface area (Å²) in [5.74, 6) is 1.08. The molecule has 0 aliphatic rings. The Morgan fingerprint density at radius 3 is 2.89 bits per heavy atom. The van der Waals surface area contributed by atoms with Crippen molar-refractivity contribution in [2.75, 3.05) is 0 Å². The second-order valence-corrected chi connectivity index (χ2v) is 6.07. The van der Waals surface area contributed by atoms with Crippen LogP contribution in [0.25, 0.3) is 0 Å². The third kappa shape index (κ3) is 3.05. The lowest BCUT2D eigenvalue weighted by atomic mass is 10.1. The van der Waals surface area contributed by atoms with Gasteiger partial charge in [0.1, 0.15) is 0 Å². The fourth-order valence-electron chi connectivity index (χ4n) is 1.57. The highest BCUT2D eigenvalue weighted by atomic mass is 32.2. The molecule has 94 valence electrons. The lowest BCUT2D eigenvalue weighted by Crippen LogP contribution is -2.13. The van der Waals surface area contributed by atoms with Crippen molar-refractivity contribution in [3.8, 4) is 0 Å². The van der Waals surface area contributed by atoms with Gasteiger partial charge in [0.15, 0.2) is 5.84 Å². The number of nitrogens with two attached hydrogens (primary N) is 1. The minimum atomic E-state index is 0.149. The second kappa shape index (κ2) is 5.93. The van der Waals surface area contributed by atoms with Crippen LogP contribution in [-0.2, 0) is 5.75 Å². The van der Waals surface area contributed by atoms with Crippen LogP contribution in [0.4, 0.5) is 0 Å². The maximum Gasteiger partial charge on any atom is 0.170 e. The Labute approximate surface area is 114 Å². The smallest absolute Gasteiger partial charge is 0.170 e. The summed E-state index contributed by atoms with van der Waals surface area (Å²) >= 11 is 3.57. The van der Waals surface area contributed by atoms with Gasteiger partial charge in [-0.05, 0) is 35.6 Å². The van der Waals surface area contributed by atoms with Crippen molar-refractivity contribution in [1.29, 1.82) is 0 Å². The Kier molecular flexibility index (Phi) is 4.28. The molecule has 0 unspecified atom stereocenters. The maximum absolute atomic E-state index is 8.64. The number of rotatable bonds is 4. The minimum Gasteiger partial charge on any atom is -0.409 e. The zero-order valence-corrected chi connectivity index (χ0v) is 11.6. The van der Waals surface area contributed by atoms with Gasteiger partial charge >= 0.3 is 0 Å². The van der Waals surface area contributed by atoms with Crippen molar-refractivity contribution < 1.29 is 5.21 Å². The molecule has 3 N–H and O–H groups in total. The van der Waals surface area contributed by atoms with Crippen molar-refractivity contribution in [3.63, 3.8) is 0 Å². The standard InChI is InChI=1S/C13H14N2OS2/c1-9-7-10(13(14)15-16)4-5-11(9)8-18-12-3-2-6-17-12/h2-7,16H,8H2,1H3,(H2,14,15). The molecule has 5 heteroatoms. The molecule has 2 rings (SSSR count). The quantitative estimate of drug-likeness (QED) is 0.296. The predicted molar refractivity (Wildman–Crippen MR) is 77.6 cm³/mol. The first-order valence-electron chi connectivity index (χ1n) is 5.44. The van der Waals surface area contributed by atoms with Crippen LogP contribution < -0.4 is 5.73 Å². The average molecular weight is 278 g/mol. The number of thiophene rings is 1. The monoisotopic (exact) mass is 278 g/mol. The van der Waals surface area contributed by atoms with Crippen molar-refractivity contribution in [2.24, 2.45) is 10.9 Å². The summed E-state index contributed by atoms with van der Waals surface area (Å²) < 4.78 is 1.31. The molecule has 3 nitrogen and oxygen atoms in total. The second-order valence-electron chi connectivity index (χ2n) is 3.85. The lowest BCUT2D eigenvalue weighted by Gasteiger charge is -2.07. The van der Waals surface area contributed by atoms with E-state index < -0.39 is 0 Å². The molecule has 1 aromatic carbocycles. The van der Waals surface area contributed by atoms with Crippen LogP contribution in [0.1, 0.15) is 16.7 Å². The molecule has 0 radical (unpaired) electrons. The van der Waals surface area contributed by atoms with Crippen molar-refractivity contribution in [1.82, 2.24) is 0 Å². The van der Waals surface area contributed by atoms with Gasteiger partial charge in [-0.3, -0.25) is 0 Å². The van der Waals surface area contributed by atoms with Gasteiger partial charge in [0, 0.05) is 11.3 Å². The normalized spacial score (nSPS) is 11.7. The number of nitrogens with zero attached hydrogens (tertiary/aromatic N) is 1. The van der Waals surface area contributed by atoms with Gasteiger partial charge < -0.3 is 10.9 Å². The summed E-state index contributed by atoms with van der Waals surface area (Å²) in [5.41, 5.74) is 8.73. The van der Waals surface area contributed by atoms with E-state index in [4.69, 9.17) is 10.9 Å². The number of benzene rings is 1. The Bertz CT molecular complexity index is 550. The highest BCUT2D eigenvalue weighted by Gasteiger charge is 2.04. The molecule has 18 heavy (non-hydrogen) atoms. The van der Waals surface area contributed by atoms with Crippen LogP contribution in [0.3, 0.4) is 0 Å². The largest absolute Gasteiger partial charge is 0.409 e. The number of hydrogen-bond donors (Lipinski definition) is 2. The summed E-state index contributed by atoms with van der Waals surface area (Å²) in [6.07, 6.45) is 0. The third-order valence-corrected chi connectivity index (χ3v) is 4.79. The molecule has 0 saturated carbocycles. The Morgan fingerprint density at radius 1 is 1.44 bits per heavy atom. The van der Waals surface area contributed by atoms with Crippen LogP contribution in [0.5, 0.6) is 0 Å². The van der Waals surface area contributed by atoms with E-state index in [1.807, 2.05) is 36.9 Å². The van der Waals surface area contributed by atoms with Crippen molar-refractivity contribution in [3.05, 3.63) is 52.4 Å². The fraction of sp³-hybridized carbons (Fsp3) is 0.154. The molecule has 2 aromatic rings. The molecule has 0 spiro atoms. The van der Waals surface area contributed by atoms with E-state index >= 15 is 0 Å². The summed E-state index contributed by atoms with van der Waals surface area (Å²) in [4.78, 5) is 0. The first kappa shape index (κ1) is 13.0. The van der Waals surface area contributed by atoms with Gasteiger partial charge in [0.05, 0.1) is 4.21 Å². The highest BCUT2D eigenvalue weighted by molar-refractivity contribution is 8.00. The van der Waals surface area contributed by atoms with Crippen molar-refractivity contribution >= 4 is 28.9 Å². The van der Waals surface area contributed by atoms with Gasteiger partial charge in [-0.15, -0.1) is 23.1 Å². The Hall–Kier alpha value is -1.46. The van der Waals surface area contributed by atoms with E-state index in [9.17, 15) is 0 Å². The summed E-state index contributed by atoms with van der Waals surface area (Å²) in [6, 6.07) is 10.0. The number of hydrogen-bond acceptors (Lipinski definition) is 4. The molecule has 1 heterocycles. The molecule has 1 aromatic heterocycles. The molecule has 0 bridgehead atoms. The Balaban J connectivity index is 2.10. The van der Waals surface area contributed by atoms with Gasteiger partial charge in [-0.1, -0.05) is 23.4 Å². The van der Waals surface area contributed by atoms with Crippen LogP contribution in [0, 0.1) is 6.92 Å². The maximum atomic E-state index is 8.64. The minimum absolute atomic E-state index is 0.149. The first-order valence-corrected chi connectivity index (χ1v) is 7.31. The van der Waals surface area contributed by atoms with E-state index in [2.05, 4.69) is 22.7 Å². The highest BCUT2D eigenvalue weighted by Crippen LogP contribution is 2.28. The van der Waals surface area contributed by atoms with E-state index in [0.29, 0.717) is 0 Å². The molecular weight excluding hydrogens is 264 g/mol. The summed E-state index contributed by atoms with van der Waals surface area (Å²) in [6.45, 7) is 2.04. The SMILES string of the molecule is Cc1cc(/C(N)=N/O)ccc1CSc1cccs1. The van der Waals surface area contributed by atoms with Gasteiger partial charge in [-0.2, -0.15) is 0 Å². The van der Waals surface area contributed by atoms with Crippen molar-refractivity contribution in [2.45, 2.75) is 16.9 Å². The first-order chi connectivity index (χ1) is 8.70. The molecule has 0 amide bonds. The van der Waals surface area contributed by atoms with Crippen LogP contribution >= 0.6 is 23.1 Å². The molecule has 0 saturated heterocycles. The van der Waals surface area contributed by atoms with Crippen LogP contribution in [-0.4, -0.2) is 11.0 Å². The average Bonchev–Trinajstić information content (AvgIpc) is 2.89. The lowest BCUT2D eigenvalue weighted by molar-refractivity contribution is 0.318. The zero-order chi connectivity index (χ0) is 13.0. The van der Waals surface area contributed by atoms with E-state index in [1.165, 1.54) is 9.77 Å². The molecular formula is C13H14N2OS2. The molecule has 0 fully saturated rings. The van der Waals surface area contributed by atoms with Crippen LogP contribution in [0.2, 0.25) is 0 Å². The van der Waals surface area contributed by atoms with Crippen LogP contribution in [0.15, 0.2) is 45.1 Å². The molecule has 0 aliphatic carbocycles. The predicted octanol–water partition coefficient (Wildman–Crippen LogP) is 3.44. The fourth-order valence-corrected chi connectivity index (χ4v) is 3.43. The number of aryl methyl sites for hydroxylation is 1. The number of oxime groups is 1. The summed E-state index contributed by atoms with van der Waals surface area (Å²) in [7, 11) is 0. The van der Waals surface area contributed by atoms with Gasteiger partial charge in [-0.25, -0.2) is 0 Å².